The average Bonchev–Trinajstić information content (AvgIpc) is 3.15. The van der Waals surface area contributed by atoms with Crippen molar-refractivity contribution in [2.75, 3.05) is 0 Å². The van der Waals surface area contributed by atoms with E-state index in [9.17, 15) is 0 Å². The lowest BCUT2D eigenvalue weighted by atomic mass is 10.0. The standard InChI is InChI=1S/C15H22O/c1-3-10-4-2-6-13(10)15-14(16-15)8-7-12-9-11(12)5-1/h11-12,14-15H,1-9H2. The van der Waals surface area contributed by atoms with Gasteiger partial charge in [-0.25, -0.2) is 0 Å². The van der Waals surface area contributed by atoms with Gasteiger partial charge in [-0.2, -0.15) is 0 Å². The van der Waals surface area contributed by atoms with Gasteiger partial charge in [0.15, 0.2) is 0 Å². The summed E-state index contributed by atoms with van der Waals surface area (Å²) in [6.07, 6.45) is 14.0. The third-order valence-corrected chi connectivity index (χ3v) is 5.25. The van der Waals surface area contributed by atoms with E-state index in [-0.39, 0.29) is 0 Å². The third-order valence-electron chi connectivity index (χ3n) is 5.25. The molecule has 0 amide bonds. The van der Waals surface area contributed by atoms with Gasteiger partial charge < -0.3 is 4.74 Å². The highest BCUT2D eigenvalue weighted by Gasteiger charge is 2.45. The lowest BCUT2D eigenvalue weighted by molar-refractivity contribution is 0.364. The second kappa shape index (κ2) is 3.60. The highest BCUT2D eigenvalue weighted by molar-refractivity contribution is 5.28. The monoisotopic (exact) mass is 218 g/mol. The zero-order valence-electron chi connectivity index (χ0n) is 10.1. The van der Waals surface area contributed by atoms with Crippen LogP contribution in [0.2, 0.25) is 0 Å². The molecular formula is C15H22O. The lowest BCUT2D eigenvalue weighted by Crippen LogP contribution is -1.99. The number of epoxide rings is 1. The van der Waals surface area contributed by atoms with E-state index in [0.29, 0.717) is 12.2 Å². The lowest BCUT2D eigenvalue weighted by Gasteiger charge is -2.05. The number of ether oxygens (including phenoxy) is 1. The van der Waals surface area contributed by atoms with Crippen molar-refractivity contribution in [2.24, 2.45) is 11.8 Å². The van der Waals surface area contributed by atoms with E-state index in [1.165, 1.54) is 57.8 Å². The first-order valence-corrected chi connectivity index (χ1v) is 7.28. The van der Waals surface area contributed by atoms with Crippen molar-refractivity contribution >= 4 is 0 Å². The fourth-order valence-electron chi connectivity index (χ4n) is 4.10. The summed E-state index contributed by atoms with van der Waals surface area (Å²) in [6, 6.07) is 0. The molecule has 1 saturated carbocycles. The van der Waals surface area contributed by atoms with Gasteiger partial charge in [0.25, 0.3) is 0 Å². The van der Waals surface area contributed by atoms with Crippen LogP contribution in [0.3, 0.4) is 0 Å². The molecule has 1 heteroatoms. The van der Waals surface area contributed by atoms with Crippen molar-refractivity contribution in [2.45, 2.75) is 70.0 Å². The first-order chi connectivity index (χ1) is 7.92. The van der Waals surface area contributed by atoms with Crippen LogP contribution in [0, 0.1) is 11.8 Å². The smallest absolute Gasteiger partial charge is 0.105 e. The van der Waals surface area contributed by atoms with Crippen molar-refractivity contribution in [3.8, 4) is 0 Å². The molecular weight excluding hydrogens is 196 g/mol. The molecule has 0 spiro atoms. The van der Waals surface area contributed by atoms with E-state index in [4.69, 9.17) is 4.74 Å². The molecule has 4 rings (SSSR count). The van der Waals surface area contributed by atoms with Crippen molar-refractivity contribution in [1.82, 2.24) is 0 Å². The topological polar surface area (TPSA) is 12.5 Å². The van der Waals surface area contributed by atoms with Crippen LogP contribution in [0.1, 0.15) is 57.8 Å². The van der Waals surface area contributed by atoms with Gasteiger partial charge in [-0.3, -0.25) is 0 Å². The van der Waals surface area contributed by atoms with Gasteiger partial charge in [0, 0.05) is 0 Å². The van der Waals surface area contributed by atoms with E-state index >= 15 is 0 Å². The number of rotatable bonds is 0. The van der Waals surface area contributed by atoms with Crippen molar-refractivity contribution in [3.05, 3.63) is 11.1 Å². The van der Waals surface area contributed by atoms with Crippen LogP contribution < -0.4 is 0 Å². The number of hydrogen-bond acceptors (Lipinski definition) is 1. The second-order valence-electron chi connectivity index (χ2n) is 6.30. The Labute approximate surface area is 98.2 Å². The summed E-state index contributed by atoms with van der Waals surface area (Å²) in [5.74, 6) is 2.18. The highest BCUT2D eigenvalue weighted by Crippen LogP contribution is 2.50. The van der Waals surface area contributed by atoms with Crippen molar-refractivity contribution in [1.29, 1.82) is 0 Å². The van der Waals surface area contributed by atoms with Gasteiger partial charge in [0.05, 0.1) is 6.10 Å². The molecule has 0 radical (unpaired) electrons. The molecule has 3 aliphatic carbocycles. The zero-order chi connectivity index (χ0) is 10.5. The summed E-state index contributed by atoms with van der Waals surface area (Å²) in [6.45, 7) is 0. The maximum Gasteiger partial charge on any atom is 0.105 e. The maximum absolute atomic E-state index is 5.91. The SMILES string of the molecule is C1CC2=C(C1)C1OC1CCC1CC1CCC2. The van der Waals surface area contributed by atoms with E-state index in [1.807, 2.05) is 0 Å². The molecule has 0 N–H and O–H groups in total. The number of hydrogen-bond donors (Lipinski definition) is 0. The zero-order valence-corrected chi connectivity index (χ0v) is 10.1. The molecule has 0 bridgehead atoms. The maximum atomic E-state index is 5.91. The van der Waals surface area contributed by atoms with Crippen LogP contribution >= 0.6 is 0 Å². The van der Waals surface area contributed by atoms with E-state index < -0.39 is 0 Å². The summed E-state index contributed by atoms with van der Waals surface area (Å²) in [5.41, 5.74) is 3.53. The third kappa shape index (κ3) is 1.64. The molecule has 4 atom stereocenters. The Balaban J connectivity index is 1.52. The van der Waals surface area contributed by atoms with E-state index in [1.54, 1.807) is 11.1 Å². The van der Waals surface area contributed by atoms with Crippen molar-refractivity contribution in [3.63, 3.8) is 0 Å². The summed E-state index contributed by atoms with van der Waals surface area (Å²) in [7, 11) is 0. The van der Waals surface area contributed by atoms with Crippen LogP contribution in [0.25, 0.3) is 0 Å². The second-order valence-corrected chi connectivity index (χ2v) is 6.30. The molecule has 1 aliphatic heterocycles. The molecule has 88 valence electrons. The number of allylic oxidation sites excluding steroid dienone is 1. The van der Waals surface area contributed by atoms with Crippen LogP contribution in [-0.4, -0.2) is 12.2 Å². The predicted octanol–water partition coefficient (Wildman–Crippen LogP) is 3.83. The molecule has 4 unspecified atom stereocenters. The van der Waals surface area contributed by atoms with Crippen LogP contribution in [0.4, 0.5) is 0 Å². The molecule has 16 heavy (non-hydrogen) atoms. The molecule has 4 aliphatic rings. The molecule has 0 aromatic heterocycles. The summed E-state index contributed by atoms with van der Waals surface area (Å²) >= 11 is 0. The normalized spacial score (nSPS) is 46.5. The first kappa shape index (κ1) is 9.70. The van der Waals surface area contributed by atoms with Gasteiger partial charge in [-0.1, -0.05) is 5.57 Å². The minimum atomic E-state index is 0.577. The quantitative estimate of drug-likeness (QED) is 0.444. The fraction of sp³-hybridized carbons (Fsp3) is 0.867. The summed E-state index contributed by atoms with van der Waals surface area (Å²) < 4.78 is 5.91. The minimum Gasteiger partial charge on any atom is -0.365 e. The largest absolute Gasteiger partial charge is 0.365 e. The molecule has 1 saturated heterocycles. The summed E-state index contributed by atoms with van der Waals surface area (Å²) in [4.78, 5) is 0. The van der Waals surface area contributed by atoms with Gasteiger partial charge in [0.2, 0.25) is 0 Å². The van der Waals surface area contributed by atoms with Crippen LogP contribution in [0.5, 0.6) is 0 Å². The Hall–Kier alpha value is -0.300. The first-order valence-electron chi connectivity index (χ1n) is 7.28. The highest BCUT2D eigenvalue weighted by atomic mass is 16.6. The average molecular weight is 218 g/mol. The van der Waals surface area contributed by atoms with Crippen molar-refractivity contribution < 1.29 is 4.74 Å². The van der Waals surface area contributed by atoms with Crippen LogP contribution in [0.15, 0.2) is 11.1 Å². The van der Waals surface area contributed by atoms with Gasteiger partial charge in [-0.05, 0) is 75.2 Å². The Kier molecular flexibility index (Phi) is 2.18. The fourth-order valence-corrected chi connectivity index (χ4v) is 4.10. The Morgan fingerprint density at radius 2 is 1.75 bits per heavy atom. The molecule has 1 nitrogen and oxygen atoms in total. The Morgan fingerprint density at radius 1 is 0.875 bits per heavy atom. The van der Waals surface area contributed by atoms with E-state index in [0.717, 1.165) is 11.8 Å². The Bertz CT molecular complexity index is 330. The van der Waals surface area contributed by atoms with Crippen LogP contribution in [-0.2, 0) is 4.74 Å². The predicted molar refractivity (Wildman–Crippen MR) is 64.2 cm³/mol. The molecule has 0 aromatic rings. The van der Waals surface area contributed by atoms with Gasteiger partial charge >= 0.3 is 0 Å². The molecule has 1 heterocycles. The summed E-state index contributed by atoms with van der Waals surface area (Å²) in [5, 5.41) is 0. The molecule has 2 fully saturated rings. The molecule has 0 aromatic carbocycles. The van der Waals surface area contributed by atoms with E-state index in [2.05, 4.69) is 0 Å². The Morgan fingerprint density at radius 3 is 2.75 bits per heavy atom. The van der Waals surface area contributed by atoms with Gasteiger partial charge in [0.1, 0.15) is 6.10 Å². The number of fused-ring (bicyclic) bond motifs is 3. The van der Waals surface area contributed by atoms with Gasteiger partial charge in [-0.15, -0.1) is 0 Å². The minimum absolute atomic E-state index is 0.577.